The van der Waals surface area contributed by atoms with Gasteiger partial charge in [-0.2, -0.15) is 0 Å². The Balaban J connectivity index is 2.61. The molecule has 0 saturated heterocycles. The lowest BCUT2D eigenvalue weighted by molar-refractivity contribution is 1.58. The van der Waals surface area contributed by atoms with E-state index in [1.54, 1.807) is 0 Å². The van der Waals surface area contributed by atoms with Gasteiger partial charge in [-0.1, -0.05) is 52.3 Å². The van der Waals surface area contributed by atoms with Crippen molar-refractivity contribution in [1.82, 2.24) is 0 Å². The molecule has 2 N–H and O–H groups in total. The molecular weight excluding hydrogens is 238 g/mol. The molecule has 0 radical (unpaired) electrons. The fraction of sp³-hybridized carbons (Fsp3) is 0. The van der Waals surface area contributed by atoms with E-state index >= 15 is 0 Å². The van der Waals surface area contributed by atoms with Crippen molar-refractivity contribution >= 4 is 21.6 Å². The first kappa shape index (κ1) is 9.28. The van der Waals surface area contributed by atoms with Crippen LogP contribution >= 0.6 is 15.9 Å². The van der Waals surface area contributed by atoms with Crippen LogP contribution in [-0.2, 0) is 0 Å². The number of hydrogen-bond acceptors (Lipinski definition) is 1. The second kappa shape index (κ2) is 3.84. The zero-order valence-electron chi connectivity index (χ0n) is 7.57. The average Bonchev–Trinajstić information content (AvgIpc) is 2.20. The van der Waals surface area contributed by atoms with E-state index in [-0.39, 0.29) is 0 Å². The van der Waals surface area contributed by atoms with Gasteiger partial charge in [-0.3, -0.25) is 0 Å². The Morgan fingerprint density at radius 3 is 2.00 bits per heavy atom. The van der Waals surface area contributed by atoms with Gasteiger partial charge in [0.15, 0.2) is 0 Å². The molecule has 0 bridgehead atoms. The van der Waals surface area contributed by atoms with Crippen LogP contribution in [0.1, 0.15) is 0 Å². The molecule has 0 aliphatic carbocycles. The predicted octanol–water partition coefficient (Wildman–Crippen LogP) is 3.70. The lowest BCUT2D eigenvalue weighted by atomic mass is 10.0. The number of hydrogen-bond donors (Lipinski definition) is 1. The van der Waals surface area contributed by atoms with Crippen molar-refractivity contribution in [2.24, 2.45) is 0 Å². The van der Waals surface area contributed by atoms with E-state index in [1.807, 2.05) is 42.5 Å². The van der Waals surface area contributed by atoms with Gasteiger partial charge in [-0.15, -0.1) is 0 Å². The van der Waals surface area contributed by atoms with Crippen LogP contribution < -0.4 is 5.73 Å². The molecule has 2 aromatic carbocycles. The second-order valence-corrected chi connectivity index (χ2v) is 3.92. The highest BCUT2D eigenvalue weighted by Gasteiger charge is 2.03. The fourth-order valence-electron chi connectivity index (χ4n) is 1.42. The van der Waals surface area contributed by atoms with Crippen LogP contribution in [0.25, 0.3) is 11.1 Å². The van der Waals surface area contributed by atoms with Crippen LogP contribution in [0.4, 0.5) is 5.69 Å². The zero-order valence-corrected chi connectivity index (χ0v) is 9.16. The number of halogens is 1. The highest BCUT2D eigenvalue weighted by Crippen LogP contribution is 2.31. The molecule has 0 amide bonds. The van der Waals surface area contributed by atoms with E-state index in [0.29, 0.717) is 0 Å². The highest BCUT2D eigenvalue weighted by atomic mass is 79.9. The van der Waals surface area contributed by atoms with Crippen LogP contribution in [0.15, 0.2) is 53.0 Å². The maximum absolute atomic E-state index is 5.90. The largest absolute Gasteiger partial charge is 0.398 e. The summed E-state index contributed by atoms with van der Waals surface area (Å²) in [5, 5.41) is 0. The lowest BCUT2D eigenvalue weighted by Gasteiger charge is -2.06. The minimum Gasteiger partial charge on any atom is -0.398 e. The second-order valence-electron chi connectivity index (χ2n) is 3.07. The Morgan fingerprint density at radius 1 is 0.786 bits per heavy atom. The number of benzene rings is 2. The van der Waals surface area contributed by atoms with E-state index in [9.17, 15) is 0 Å². The molecule has 2 rings (SSSR count). The Morgan fingerprint density at radius 2 is 1.36 bits per heavy atom. The van der Waals surface area contributed by atoms with Gasteiger partial charge >= 0.3 is 0 Å². The summed E-state index contributed by atoms with van der Waals surface area (Å²) >= 11 is 3.51. The molecule has 0 fully saturated rings. The van der Waals surface area contributed by atoms with E-state index < -0.39 is 0 Å². The summed E-state index contributed by atoms with van der Waals surface area (Å²) in [7, 11) is 0. The topological polar surface area (TPSA) is 26.0 Å². The van der Waals surface area contributed by atoms with E-state index in [0.717, 1.165) is 21.3 Å². The molecule has 0 atom stereocenters. The van der Waals surface area contributed by atoms with Gasteiger partial charge in [0, 0.05) is 15.7 Å². The molecule has 0 heterocycles. The van der Waals surface area contributed by atoms with Crippen LogP contribution in [0.2, 0.25) is 0 Å². The van der Waals surface area contributed by atoms with E-state index in [1.165, 1.54) is 0 Å². The van der Waals surface area contributed by atoms with Gasteiger partial charge in [-0.25, -0.2) is 0 Å². The monoisotopic (exact) mass is 247 g/mol. The first-order chi connectivity index (χ1) is 6.79. The highest BCUT2D eigenvalue weighted by molar-refractivity contribution is 9.10. The molecule has 14 heavy (non-hydrogen) atoms. The van der Waals surface area contributed by atoms with Crippen LogP contribution in [0.5, 0.6) is 0 Å². The lowest BCUT2D eigenvalue weighted by Crippen LogP contribution is -1.89. The zero-order chi connectivity index (χ0) is 9.97. The summed E-state index contributed by atoms with van der Waals surface area (Å²) in [6.45, 7) is 0. The number of nitrogens with two attached hydrogens (primary N) is 1. The maximum atomic E-state index is 5.90. The molecule has 0 aliphatic rings. The fourth-order valence-corrected chi connectivity index (χ4v) is 1.92. The summed E-state index contributed by atoms with van der Waals surface area (Å²) in [4.78, 5) is 0. The van der Waals surface area contributed by atoms with Crippen molar-refractivity contribution in [1.29, 1.82) is 0 Å². The van der Waals surface area contributed by atoms with Crippen molar-refractivity contribution < 1.29 is 0 Å². The molecule has 1 nitrogen and oxygen atoms in total. The number of rotatable bonds is 1. The van der Waals surface area contributed by atoms with Gasteiger partial charge in [0.1, 0.15) is 0 Å². The minimum absolute atomic E-state index is 0.805. The van der Waals surface area contributed by atoms with E-state index in [2.05, 4.69) is 22.0 Å². The number of nitrogen functional groups attached to an aromatic ring is 1. The molecule has 0 spiro atoms. The maximum Gasteiger partial charge on any atom is 0.0394 e. The molecule has 2 aromatic rings. The summed E-state index contributed by atoms with van der Waals surface area (Å²) < 4.78 is 1.07. The molecule has 2 heteroatoms. The van der Waals surface area contributed by atoms with Crippen molar-refractivity contribution in [2.45, 2.75) is 0 Å². The molecular formula is C12H10BrN. The van der Waals surface area contributed by atoms with Gasteiger partial charge in [0.2, 0.25) is 0 Å². The first-order valence-corrected chi connectivity index (χ1v) is 5.18. The Labute approximate surface area is 91.7 Å². The SMILES string of the molecule is Nc1ccccc1-c1ccccc1Br. The third-order valence-electron chi connectivity index (χ3n) is 2.12. The average molecular weight is 248 g/mol. The van der Waals surface area contributed by atoms with Crippen LogP contribution in [0, 0.1) is 0 Å². The van der Waals surface area contributed by atoms with E-state index in [4.69, 9.17) is 5.73 Å². The van der Waals surface area contributed by atoms with Crippen LogP contribution in [-0.4, -0.2) is 0 Å². The third kappa shape index (κ3) is 1.66. The minimum atomic E-state index is 0.805. The number of para-hydroxylation sites is 1. The molecule has 70 valence electrons. The van der Waals surface area contributed by atoms with Gasteiger partial charge in [-0.05, 0) is 17.7 Å². The Kier molecular flexibility index (Phi) is 2.55. The van der Waals surface area contributed by atoms with Crippen molar-refractivity contribution in [3.63, 3.8) is 0 Å². The van der Waals surface area contributed by atoms with Crippen LogP contribution in [0.3, 0.4) is 0 Å². The molecule has 0 saturated carbocycles. The quantitative estimate of drug-likeness (QED) is 0.765. The predicted molar refractivity (Wildman–Crippen MR) is 64.0 cm³/mol. The number of anilines is 1. The smallest absolute Gasteiger partial charge is 0.0394 e. The van der Waals surface area contributed by atoms with Crippen molar-refractivity contribution in [3.8, 4) is 11.1 Å². The molecule has 0 aromatic heterocycles. The van der Waals surface area contributed by atoms with Gasteiger partial charge in [0.25, 0.3) is 0 Å². The van der Waals surface area contributed by atoms with Gasteiger partial charge in [0.05, 0.1) is 0 Å². The van der Waals surface area contributed by atoms with Gasteiger partial charge < -0.3 is 5.73 Å². The Bertz CT molecular complexity index is 408. The Hall–Kier alpha value is -1.28. The summed E-state index contributed by atoms with van der Waals surface area (Å²) in [5.74, 6) is 0. The third-order valence-corrected chi connectivity index (χ3v) is 2.82. The summed E-state index contributed by atoms with van der Waals surface area (Å²) in [6, 6.07) is 15.9. The normalized spacial score (nSPS) is 10.1. The summed E-state index contributed by atoms with van der Waals surface area (Å²) in [5.41, 5.74) is 8.91. The first-order valence-electron chi connectivity index (χ1n) is 4.38. The van der Waals surface area contributed by atoms with Crippen molar-refractivity contribution in [3.05, 3.63) is 53.0 Å². The molecule has 0 aliphatic heterocycles. The molecule has 0 unspecified atom stereocenters. The summed E-state index contributed by atoms with van der Waals surface area (Å²) in [6.07, 6.45) is 0. The standard InChI is InChI=1S/C12H10BrN/c13-11-7-3-1-5-9(11)10-6-2-4-8-12(10)14/h1-8H,14H2. The van der Waals surface area contributed by atoms with Crippen molar-refractivity contribution in [2.75, 3.05) is 5.73 Å².